The molecule has 0 aliphatic rings. The highest BCUT2D eigenvalue weighted by atomic mass is 79.9. The summed E-state index contributed by atoms with van der Waals surface area (Å²) < 4.78 is 6.64. The van der Waals surface area contributed by atoms with Crippen LogP contribution in [-0.2, 0) is 11.3 Å². The van der Waals surface area contributed by atoms with Gasteiger partial charge < -0.3 is 10.1 Å². The molecule has 1 atom stereocenters. The van der Waals surface area contributed by atoms with Crippen LogP contribution in [0.15, 0.2) is 15.5 Å². The van der Waals surface area contributed by atoms with Crippen LogP contribution >= 0.6 is 15.9 Å². The van der Waals surface area contributed by atoms with Gasteiger partial charge in [0.2, 0.25) is 0 Å². The summed E-state index contributed by atoms with van der Waals surface area (Å²) in [6.45, 7) is 2.65. The highest BCUT2D eigenvalue weighted by Gasteiger charge is 2.10. The number of anilines is 1. The third-order valence-electron chi connectivity index (χ3n) is 2.04. The first-order chi connectivity index (χ1) is 8.10. The molecule has 0 bridgehead atoms. The SMILES string of the molecule is C#CCn1ncc(NC(C)COC)c(Br)c1=O. The Hall–Kier alpha value is -1.32. The minimum absolute atomic E-state index is 0.0842. The van der Waals surface area contributed by atoms with Crippen molar-refractivity contribution < 1.29 is 4.74 Å². The average molecular weight is 300 g/mol. The molecule has 0 fully saturated rings. The standard InChI is InChI=1S/C11H14BrN3O2/c1-4-5-15-11(16)10(12)9(6-13-15)14-8(2)7-17-3/h1,6,8,14H,5,7H2,2-3H3. The molecule has 0 saturated carbocycles. The van der Waals surface area contributed by atoms with E-state index in [1.165, 1.54) is 4.68 Å². The van der Waals surface area contributed by atoms with E-state index in [-0.39, 0.29) is 18.1 Å². The van der Waals surface area contributed by atoms with Gasteiger partial charge in [-0.15, -0.1) is 6.42 Å². The number of halogens is 1. The van der Waals surface area contributed by atoms with E-state index in [0.29, 0.717) is 16.8 Å². The fraction of sp³-hybridized carbons (Fsp3) is 0.455. The molecule has 17 heavy (non-hydrogen) atoms. The summed E-state index contributed by atoms with van der Waals surface area (Å²) in [5.74, 6) is 2.37. The second-order valence-electron chi connectivity index (χ2n) is 3.54. The maximum Gasteiger partial charge on any atom is 0.284 e. The van der Waals surface area contributed by atoms with Crippen LogP contribution in [-0.4, -0.2) is 29.5 Å². The number of nitrogens with one attached hydrogen (secondary N) is 1. The molecule has 0 amide bonds. The monoisotopic (exact) mass is 299 g/mol. The Bertz CT molecular complexity index is 479. The van der Waals surface area contributed by atoms with Gasteiger partial charge in [0.25, 0.3) is 5.56 Å². The van der Waals surface area contributed by atoms with E-state index < -0.39 is 0 Å². The zero-order valence-electron chi connectivity index (χ0n) is 9.74. The van der Waals surface area contributed by atoms with Crippen molar-refractivity contribution in [2.75, 3.05) is 19.0 Å². The number of aromatic nitrogens is 2. The van der Waals surface area contributed by atoms with E-state index in [1.807, 2.05) is 6.92 Å². The van der Waals surface area contributed by atoms with E-state index in [1.54, 1.807) is 13.3 Å². The zero-order valence-corrected chi connectivity index (χ0v) is 11.3. The molecule has 1 aromatic heterocycles. The van der Waals surface area contributed by atoms with Crippen molar-refractivity contribution in [3.8, 4) is 12.3 Å². The predicted molar refractivity (Wildman–Crippen MR) is 70.0 cm³/mol. The Labute approximate surface area is 108 Å². The van der Waals surface area contributed by atoms with Crippen molar-refractivity contribution in [3.05, 3.63) is 21.0 Å². The molecule has 1 N–H and O–H groups in total. The predicted octanol–water partition coefficient (Wildman–Crippen LogP) is 1.09. The molecule has 0 aliphatic heterocycles. The van der Waals surface area contributed by atoms with Gasteiger partial charge in [-0.3, -0.25) is 4.79 Å². The maximum atomic E-state index is 11.8. The molecule has 0 radical (unpaired) electrons. The van der Waals surface area contributed by atoms with Crippen molar-refractivity contribution in [2.24, 2.45) is 0 Å². The molecule has 92 valence electrons. The van der Waals surface area contributed by atoms with Crippen LogP contribution in [0.1, 0.15) is 6.92 Å². The summed E-state index contributed by atoms with van der Waals surface area (Å²) in [5.41, 5.74) is 0.380. The van der Waals surface area contributed by atoms with Crippen LogP contribution in [0.3, 0.4) is 0 Å². The minimum atomic E-state index is -0.252. The smallest absolute Gasteiger partial charge is 0.284 e. The number of hydrogen-bond donors (Lipinski definition) is 1. The molecule has 1 rings (SSSR count). The highest BCUT2D eigenvalue weighted by molar-refractivity contribution is 9.10. The molecule has 5 nitrogen and oxygen atoms in total. The van der Waals surface area contributed by atoms with Gasteiger partial charge >= 0.3 is 0 Å². The fourth-order valence-corrected chi connectivity index (χ4v) is 1.74. The first-order valence-electron chi connectivity index (χ1n) is 5.04. The lowest BCUT2D eigenvalue weighted by Crippen LogP contribution is -2.27. The Balaban J connectivity index is 2.93. The van der Waals surface area contributed by atoms with Crippen LogP contribution in [0, 0.1) is 12.3 Å². The van der Waals surface area contributed by atoms with Gasteiger partial charge in [-0.2, -0.15) is 5.10 Å². The van der Waals surface area contributed by atoms with Gasteiger partial charge in [0.05, 0.1) is 18.5 Å². The summed E-state index contributed by atoms with van der Waals surface area (Å²) in [4.78, 5) is 11.8. The number of methoxy groups -OCH3 is 1. The number of hydrogen-bond acceptors (Lipinski definition) is 4. The summed E-state index contributed by atoms with van der Waals surface area (Å²) >= 11 is 3.24. The Kier molecular flexibility index (Phi) is 5.19. The Morgan fingerprint density at radius 3 is 3.06 bits per heavy atom. The second-order valence-corrected chi connectivity index (χ2v) is 4.33. The molecular formula is C11H14BrN3O2. The number of ether oxygens (including phenoxy) is 1. The molecule has 0 spiro atoms. The molecule has 0 aliphatic carbocycles. The third kappa shape index (κ3) is 3.58. The van der Waals surface area contributed by atoms with Crippen LogP contribution in [0.25, 0.3) is 0 Å². The Morgan fingerprint density at radius 2 is 2.47 bits per heavy atom. The van der Waals surface area contributed by atoms with Crippen molar-refractivity contribution in [1.29, 1.82) is 0 Å². The van der Waals surface area contributed by atoms with E-state index in [9.17, 15) is 4.79 Å². The topological polar surface area (TPSA) is 56.1 Å². The lowest BCUT2D eigenvalue weighted by molar-refractivity contribution is 0.190. The Morgan fingerprint density at radius 1 is 1.76 bits per heavy atom. The van der Waals surface area contributed by atoms with E-state index in [0.717, 1.165) is 0 Å². The van der Waals surface area contributed by atoms with Crippen molar-refractivity contribution in [1.82, 2.24) is 9.78 Å². The van der Waals surface area contributed by atoms with Crippen LogP contribution < -0.4 is 10.9 Å². The number of rotatable bonds is 5. The number of nitrogens with zero attached hydrogens (tertiary/aromatic N) is 2. The van der Waals surface area contributed by atoms with E-state index >= 15 is 0 Å². The second kappa shape index (κ2) is 6.42. The van der Waals surface area contributed by atoms with Gasteiger partial charge in [0, 0.05) is 13.2 Å². The molecule has 6 heteroatoms. The molecule has 1 aromatic rings. The first kappa shape index (κ1) is 13.7. The summed E-state index contributed by atoms with van der Waals surface area (Å²) in [5, 5.41) is 7.09. The molecule has 0 aromatic carbocycles. The normalized spacial score (nSPS) is 11.9. The molecule has 0 saturated heterocycles. The van der Waals surface area contributed by atoms with Gasteiger partial charge in [0.1, 0.15) is 11.0 Å². The quantitative estimate of drug-likeness (QED) is 0.827. The van der Waals surface area contributed by atoms with Crippen molar-refractivity contribution in [3.63, 3.8) is 0 Å². The maximum absolute atomic E-state index is 11.8. The minimum Gasteiger partial charge on any atom is -0.383 e. The van der Waals surface area contributed by atoms with E-state index in [2.05, 4.69) is 32.3 Å². The van der Waals surface area contributed by atoms with Crippen molar-refractivity contribution >= 4 is 21.6 Å². The highest BCUT2D eigenvalue weighted by Crippen LogP contribution is 2.16. The third-order valence-corrected chi connectivity index (χ3v) is 2.81. The molecule has 1 unspecified atom stereocenters. The summed E-state index contributed by atoms with van der Waals surface area (Å²) in [6, 6.07) is 0.0842. The van der Waals surface area contributed by atoms with Crippen LogP contribution in [0.4, 0.5) is 5.69 Å². The summed E-state index contributed by atoms with van der Waals surface area (Å²) in [7, 11) is 1.62. The van der Waals surface area contributed by atoms with Gasteiger partial charge in [0.15, 0.2) is 0 Å². The van der Waals surface area contributed by atoms with E-state index in [4.69, 9.17) is 11.2 Å². The fourth-order valence-electron chi connectivity index (χ4n) is 1.32. The van der Waals surface area contributed by atoms with Crippen LogP contribution in [0.2, 0.25) is 0 Å². The molecular weight excluding hydrogens is 286 g/mol. The van der Waals surface area contributed by atoms with Crippen molar-refractivity contribution in [2.45, 2.75) is 19.5 Å². The summed E-state index contributed by atoms with van der Waals surface area (Å²) in [6.07, 6.45) is 6.71. The largest absolute Gasteiger partial charge is 0.383 e. The van der Waals surface area contributed by atoms with Crippen LogP contribution in [0.5, 0.6) is 0 Å². The number of terminal acetylenes is 1. The zero-order chi connectivity index (χ0) is 12.8. The lowest BCUT2D eigenvalue weighted by atomic mass is 10.3. The average Bonchev–Trinajstić information content (AvgIpc) is 2.29. The van der Waals surface area contributed by atoms with Gasteiger partial charge in [-0.25, -0.2) is 4.68 Å². The van der Waals surface area contributed by atoms with Gasteiger partial charge in [-0.1, -0.05) is 5.92 Å². The van der Waals surface area contributed by atoms with Gasteiger partial charge in [-0.05, 0) is 22.9 Å². The lowest BCUT2D eigenvalue weighted by Gasteiger charge is -2.15. The molecule has 1 heterocycles. The first-order valence-corrected chi connectivity index (χ1v) is 5.84.